The largest absolute Gasteiger partial charge is 0.311 e. The van der Waals surface area contributed by atoms with E-state index in [1.165, 1.54) is 18.9 Å². The summed E-state index contributed by atoms with van der Waals surface area (Å²) in [6, 6.07) is 11.3. The van der Waals surface area contributed by atoms with Gasteiger partial charge in [-0.3, -0.25) is 4.79 Å². The number of carbonyl (C=O) groups excluding carboxylic acids is 1. The van der Waals surface area contributed by atoms with Gasteiger partial charge in [0, 0.05) is 29.0 Å². The zero-order valence-electron chi connectivity index (χ0n) is 11.8. The third kappa shape index (κ3) is 2.16. The van der Waals surface area contributed by atoms with Crippen molar-refractivity contribution in [1.29, 1.82) is 0 Å². The SMILES string of the molecule is O=C(c1ccc(F)c2ccccc12)C1CC2CCC(C1)N2. The average molecular weight is 283 g/mol. The van der Waals surface area contributed by atoms with Crippen LogP contribution in [-0.2, 0) is 0 Å². The topological polar surface area (TPSA) is 29.1 Å². The van der Waals surface area contributed by atoms with Gasteiger partial charge in [0.25, 0.3) is 0 Å². The lowest BCUT2D eigenvalue weighted by Gasteiger charge is -2.28. The summed E-state index contributed by atoms with van der Waals surface area (Å²) >= 11 is 0. The molecule has 2 aromatic carbocycles. The highest BCUT2D eigenvalue weighted by molar-refractivity contribution is 6.09. The van der Waals surface area contributed by atoms with Gasteiger partial charge >= 0.3 is 0 Å². The molecular weight excluding hydrogens is 265 g/mol. The molecule has 2 heterocycles. The van der Waals surface area contributed by atoms with Crippen LogP contribution in [0.2, 0.25) is 0 Å². The summed E-state index contributed by atoms with van der Waals surface area (Å²) in [7, 11) is 0. The van der Waals surface area contributed by atoms with Crippen molar-refractivity contribution in [1.82, 2.24) is 5.32 Å². The van der Waals surface area contributed by atoms with E-state index in [-0.39, 0.29) is 17.5 Å². The van der Waals surface area contributed by atoms with Gasteiger partial charge in [-0.05, 0) is 43.2 Å². The number of piperidine rings is 1. The van der Waals surface area contributed by atoms with Crippen LogP contribution in [0.15, 0.2) is 36.4 Å². The molecule has 2 saturated heterocycles. The van der Waals surface area contributed by atoms with Gasteiger partial charge in [-0.15, -0.1) is 0 Å². The number of fused-ring (bicyclic) bond motifs is 3. The van der Waals surface area contributed by atoms with Gasteiger partial charge in [0.05, 0.1) is 0 Å². The molecule has 2 atom stereocenters. The first-order valence-electron chi connectivity index (χ1n) is 7.70. The molecule has 2 aliphatic heterocycles. The zero-order chi connectivity index (χ0) is 14.4. The van der Waals surface area contributed by atoms with Crippen LogP contribution in [-0.4, -0.2) is 17.9 Å². The van der Waals surface area contributed by atoms with Gasteiger partial charge in [-0.2, -0.15) is 0 Å². The van der Waals surface area contributed by atoms with Gasteiger partial charge in [-0.25, -0.2) is 4.39 Å². The van der Waals surface area contributed by atoms with E-state index in [2.05, 4.69) is 5.32 Å². The summed E-state index contributed by atoms with van der Waals surface area (Å²) in [5, 5.41) is 4.85. The van der Waals surface area contributed by atoms with E-state index in [0.29, 0.717) is 23.0 Å². The Morgan fingerprint density at radius 1 is 1.00 bits per heavy atom. The van der Waals surface area contributed by atoms with Crippen molar-refractivity contribution in [3.05, 3.63) is 47.8 Å². The third-order valence-electron chi connectivity index (χ3n) is 4.98. The van der Waals surface area contributed by atoms with E-state index in [1.54, 1.807) is 12.1 Å². The molecule has 0 saturated carbocycles. The number of hydrogen-bond acceptors (Lipinski definition) is 2. The number of hydrogen-bond donors (Lipinski definition) is 1. The fraction of sp³-hybridized carbons (Fsp3) is 0.389. The second-order valence-corrected chi connectivity index (χ2v) is 6.31. The lowest BCUT2D eigenvalue weighted by molar-refractivity contribution is 0.0877. The Morgan fingerprint density at radius 3 is 2.38 bits per heavy atom. The number of Topliss-reactive ketones (excluding diaryl/α,β-unsaturated/α-hetero) is 1. The maximum atomic E-state index is 13.9. The van der Waals surface area contributed by atoms with E-state index >= 15 is 0 Å². The second kappa shape index (κ2) is 4.92. The lowest BCUT2D eigenvalue weighted by atomic mass is 9.84. The molecule has 2 aromatic rings. The quantitative estimate of drug-likeness (QED) is 0.852. The third-order valence-corrected chi connectivity index (χ3v) is 4.98. The Bertz CT molecular complexity index is 699. The normalized spacial score (nSPS) is 28.0. The van der Waals surface area contributed by atoms with Crippen LogP contribution in [0.25, 0.3) is 10.8 Å². The van der Waals surface area contributed by atoms with Crippen LogP contribution in [0, 0.1) is 11.7 Å². The lowest BCUT2D eigenvalue weighted by Crippen LogP contribution is -2.40. The number of nitrogens with one attached hydrogen (secondary N) is 1. The Hall–Kier alpha value is -1.74. The van der Waals surface area contributed by atoms with Crippen LogP contribution >= 0.6 is 0 Å². The summed E-state index contributed by atoms with van der Waals surface area (Å²) in [6.45, 7) is 0. The van der Waals surface area contributed by atoms with Gasteiger partial charge in [0.1, 0.15) is 5.82 Å². The van der Waals surface area contributed by atoms with Crippen molar-refractivity contribution < 1.29 is 9.18 Å². The molecule has 0 aliphatic carbocycles. The molecule has 1 N–H and O–H groups in total. The highest BCUT2D eigenvalue weighted by Gasteiger charge is 2.37. The van der Waals surface area contributed by atoms with Crippen LogP contribution in [0.3, 0.4) is 0 Å². The molecule has 3 heteroatoms. The minimum Gasteiger partial charge on any atom is -0.311 e. The molecule has 0 amide bonds. The molecule has 2 bridgehead atoms. The fourth-order valence-corrected chi connectivity index (χ4v) is 3.97. The average Bonchev–Trinajstić information content (AvgIpc) is 2.85. The van der Waals surface area contributed by atoms with Crippen molar-refractivity contribution >= 4 is 16.6 Å². The van der Waals surface area contributed by atoms with Crippen molar-refractivity contribution in [3.63, 3.8) is 0 Å². The number of carbonyl (C=O) groups is 1. The molecule has 4 rings (SSSR count). The molecule has 108 valence electrons. The summed E-state index contributed by atoms with van der Waals surface area (Å²) in [4.78, 5) is 12.9. The first-order valence-corrected chi connectivity index (χ1v) is 7.70. The van der Waals surface area contributed by atoms with Crippen LogP contribution in [0.5, 0.6) is 0 Å². The number of rotatable bonds is 2. The standard InChI is InChI=1S/C18H18FNO/c19-17-8-7-16(14-3-1-2-4-15(14)17)18(21)11-9-12-5-6-13(10-11)20-12/h1-4,7-8,11-13,20H,5-6,9-10H2. The Kier molecular flexibility index (Phi) is 3.03. The minimum atomic E-state index is -0.257. The summed E-state index contributed by atoms with van der Waals surface area (Å²) in [5.74, 6) is 0.00903. The van der Waals surface area contributed by atoms with Gasteiger partial charge in [0.15, 0.2) is 5.78 Å². The zero-order valence-corrected chi connectivity index (χ0v) is 11.8. The highest BCUT2D eigenvalue weighted by Crippen LogP contribution is 2.34. The van der Waals surface area contributed by atoms with Crippen molar-refractivity contribution in [2.24, 2.45) is 5.92 Å². The van der Waals surface area contributed by atoms with Crippen LogP contribution < -0.4 is 5.32 Å². The van der Waals surface area contributed by atoms with Gasteiger partial charge in [0.2, 0.25) is 0 Å². The smallest absolute Gasteiger partial charge is 0.166 e. The van der Waals surface area contributed by atoms with Crippen molar-refractivity contribution in [3.8, 4) is 0 Å². The molecule has 0 spiro atoms. The molecule has 2 unspecified atom stereocenters. The Morgan fingerprint density at radius 2 is 1.67 bits per heavy atom. The maximum Gasteiger partial charge on any atom is 0.166 e. The minimum absolute atomic E-state index is 0.0811. The summed E-state index contributed by atoms with van der Waals surface area (Å²) < 4.78 is 13.9. The first kappa shape index (κ1) is 13.0. The predicted molar refractivity (Wildman–Crippen MR) is 80.9 cm³/mol. The van der Waals surface area contributed by atoms with E-state index in [9.17, 15) is 9.18 Å². The number of halogens is 1. The number of ketones is 1. The predicted octanol–water partition coefficient (Wildman–Crippen LogP) is 3.69. The van der Waals surface area contributed by atoms with E-state index in [1.807, 2.05) is 18.2 Å². The molecule has 2 nitrogen and oxygen atoms in total. The molecule has 0 aromatic heterocycles. The fourth-order valence-electron chi connectivity index (χ4n) is 3.97. The number of benzene rings is 2. The molecule has 2 fully saturated rings. The maximum absolute atomic E-state index is 13.9. The molecule has 0 radical (unpaired) electrons. The monoisotopic (exact) mass is 283 g/mol. The highest BCUT2D eigenvalue weighted by atomic mass is 19.1. The van der Waals surface area contributed by atoms with Crippen LogP contribution in [0.1, 0.15) is 36.0 Å². The van der Waals surface area contributed by atoms with E-state index in [0.717, 1.165) is 18.2 Å². The van der Waals surface area contributed by atoms with E-state index in [4.69, 9.17) is 0 Å². The second-order valence-electron chi connectivity index (χ2n) is 6.31. The van der Waals surface area contributed by atoms with Crippen LogP contribution in [0.4, 0.5) is 4.39 Å². The van der Waals surface area contributed by atoms with Gasteiger partial charge < -0.3 is 5.32 Å². The van der Waals surface area contributed by atoms with E-state index < -0.39 is 0 Å². The summed E-state index contributed by atoms with van der Waals surface area (Å²) in [5.41, 5.74) is 0.679. The molecular formula is C18H18FNO. The Labute approximate surface area is 123 Å². The molecule has 2 aliphatic rings. The molecule has 21 heavy (non-hydrogen) atoms. The first-order chi connectivity index (χ1) is 10.2. The Balaban J connectivity index is 1.73. The van der Waals surface area contributed by atoms with Gasteiger partial charge in [-0.1, -0.05) is 24.3 Å². The van der Waals surface area contributed by atoms with Crippen molar-refractivity contribution in [2.45, 2.75) is 37.8 Å². The van der Waals surface area contributed by atoms with Crippen molar-refractivity contribution in [2.75, 3.05) is 0 Å². The summed E-state index contributed by atoms with van der Waals surface area (Å²) in [6.07, 6.45) is 4.19.